The van der Waals surface area contributed by atoms with E-state index in [-0.39, 0.29) is 17.5 Å². The molecule has 0 aliphatic carbocycles. The molecule has 1 fully saturated rings. The molecule has 2 aromatic heterocycles. The lowest BCUT2D eigenvalue weighted by atomic mass is 9.96. The number of carbonyl (C=O) groups excluding carboxylic acids is 1. The predicted molar refractivity (Wildman–Crippen MR) is 102 cm³/mol. The minimum absolute atomic E-state index is 0.180. The Labute approximate surface area is 163 Å². The standard InChI is InChI=1S/C18H17BrFN5O2/c1-10-15-16(21-9-22-18(15)27-24-10)25-6-2-3-11(8-25)17(26)23-14-5-4-12(19)7-13(14)20/h4-5,7,9,11H,2-3,6,8H2,1H3,(H,23,26). The van der Waals surface area contributed by atoms with Crippen molar-refractivity contribution in [3.8, 4) is 0 Å². The van der Waals surface area contributed by atoms with Gasteiger partial charge in [0.1, 0.15) is 23.3 Å². The van der Waals surface area contributed by atoms with Crippen molar-refractivity contribution in [1.82, 2.24) is 15.1 Å². The summed E-state index contributed by atoms with van der Waals surface area (Å²) >= 11 is 3.21. The highest BCUT2D eigenvalue weighted by Crippen LogP contribution is 2.30. The van der Waals surface area contributed by atoms with Gasteiger partial charge in [0.2, 0.25) is 5.91 Å². The molecule has 0 spiro atoms. The Morgan fingerprint density at radius 3 is 3.07 bits per heavy atom. The van der Waals surface area contributed by atoms with E-state index in [4.69, 9.17) is 4.52 Å². The van der Waals surface area contributed by atoms with Gasteiger partial charge in [0, 0.05) is 17.6 Å². The summed E-state index contributed by atoms with van der Waals surface area (Å²) in [5.74, 6) is -0.227. The number of aryl methyl sites for hydroxylation is 1. The van der Waals surface area contributed by atoms with E-state index >= 15 is 0 Å². The average Bonchev–Trinajstić information content (AvgIpc) is 3.05. The molecule has 1 atom stereocenters. The predicted octanol–water partition coefficient (Wildman–Crippen LogP) is 3.68. The van der Waals surface area contributed by atoms with Gasteiger partial charge in [0.05, 0.1) is 17.3 Å². The topological polar surface area (TPSA) is 84.2 Å². The van der Waals surface area contributed by atoms with Gasteiger partial charge in [0.25, 0.3) is 5.71 Å². The van der Waals surface area contributed by atoms with Gasteiger partial charge in [-0.05, 0) is 38.0 Å². The Kier molecular flexibility index (Phi) is 4.77. The first-order valence-electron chi connectivity index (χ1n) is 8.61. The van der Waals surface area contributed by atoms with Gasteiger partial charge in [-0.15, -0.1) is 0 Å². The van der Waals surface area contributed by atoms with Gasteiger partial charge in [-0.25, -0.2) is 9.37 Å². The third-order valence-electron chi connectivity index (χ3n) is 4.70. The minimum atomic E-state index is -0.469. The van der Waals surface area contributed by atoms with Crippen LogP contribution < -0.4 is 10.2 Å². The monoisotopic (exact) mass is 433 g/mol. The fraction of sp³-hybridized carbons (Fsp3) is 0.333. The number of halogens is 2. The van der Waals surface area contributed by atoms with Gasteiger partial charge in [0.15, 0.2) is 0 Å². The first-order chi connectivity index (χ1) is 13.0. The maximum absolute atomic E-state index is 14.0. The molecule has 1 amide bonds. The number of carbonyl (C=O) groups is 1. The lowest BCUT2D eigenvalue weighted by Gasteiger charge is -2.33. The SMILES string of the molecule is Cc1noc2ncnc(N3CCCC(C(=O)Nc4ccc(Br)cc4F)C3)c12. The van der Waals surface area contributed by atoms with Crippen molar-refractivity contribution in [2.75, 3.05) is 23.3 Å². The molecule has 1 N–H and O–H groups in total. The van der Waals surface area contributed by atoms with E-state index in [2.05, 4.69) is 36.4 Å². The van der Waals surface area contributed by atoms with E-state index in [1.54, 1.807) is 12.1 Å². The van der Waals surface area contributed by atoms with Crippen molar-refractivity contribution in [2.24, 2.45) is 5.92 Å². The van der Waals surface area contributed by atoms with Crippen LogP contribution in [0.1, 0.15) is 18.5 Å². The summed E-state index contributed by atoms with van der Waals surface area (Å²) in [6, 6.07) is 4.57. The van der Waals surface area contributed by atoms with Crippen LogP contribution in [0.25, 0.3) is 11.1 Å². The quantitative estimate of drug-likeness (QED) is 0.677. The number of piperidine rings is 1. The normalized spacial score (nSPS) is 17.3. The number of nitrogens with zero attached hydrogens (tertiary/aromatic N) is 4. The van der Waals surface area contributed by atoms with E-state index < -0.39 is 5.82 Å². The largest absolute Gasteiger partial charge is 0.355 e. The van der Waals surface area contributed by atoms with Crippen LogP contribution in [0.5, 0.6) is 0 Å². The van der Waals surface area contributed by atoms with Crippen LogP contribution in [0, 0.1) is 18.7 Å². The van der Waals surface area contributed by atoms with Crippen molar-refractivity contribution >= 4 is 44.4 Å². The molecule has 1 aliphatic heterocycles. The molecule has 1 saturated heterocycles. The van der Waals surface area contributed by atoms with Crippen LogP contribution in [0.4, 0.5) is 15.9 Å². The zero-order chi connectivity index (χ0) is 19.0. The zero-order valence-corrected chi connectivity index (χ0v) is 16.2. The average molecular weight is 434 g/mol. The highest BCUT2D eigenvalue weighted by molar-refractivity contribution is 9.10. The number of rotatable bonds is 3. The van der Waals surface area contributed by atoms with Crippen LogP contribution in [0.2, 0.25) is 0 Å². The van der Waals surface area contributed by atoms with Crippen LogP contribution in [0.3, 0.4) is 0 Å². The molecule has 27 heavy (non-hydrogen) atoms. The molecule has 140 valence electrons. The number of aromatic nitrogens is 3. The lowest BCUT2D eigenvalue weighted by molar-refractivity contribution is -0.120. The van der Waals surface area contributed by atoms with E-state index in [9.17, 15) is 9.18 Å². The van der Waals surface area contributed by atoms with E-state index in [1.807, 2.05) is 11.8 Å². The number of benzene rings is 1. The minimum Gasteiger partial charge on any atom is -0.355 e. The third-order valence-corrected chi connectivity index (χ3v) is 5.20. The summed E-state index contributed by atoms with van der Waals surface area (Å²) < 4.78 is 19.8. The number of anilines is 2. The van der Waals surface area contributed by atoms with Gasteiger partial charge in [-0.2, -0.15) is 4.98 Å². The van der Waals surface area contributed by atoms with Gasteiger partial charge in [-0.3, -0.25) is 4.79 Å². The Hall–Kier alpha value is -2.55. The Morgan fingerprint density at radius 2 is 2.26 bits per heavy atom. The maximum Gasteiger partial charge on any atom is 0.263 e. The fourth-order valence-electron chi connectivity index (χ4n) is 3.35. The summed E-state index contributed by atoms with van der Waals surface area (Å²) in [6.45, 7) is 3.09. The highest BCUT2D eigenvalue weighted by atomic mass is 79.9. The number of hydrogen-bond donors (Lipinski definition) is 1. The van der Waals surface area contributed by atoms with Crippen molar-refractivity contribution in [1.29, 1.82) is 0 Å². The summed E-state index contributed by atoms with van der Waals surface area (Å²) in [5, 5.41) is 7.41. The second-order valence-electron chi connectivity index (χ2n) is 6.54. The molecular formula is C18H17BrFN5O2. The second-order valence-corrected chi connectivity index (χ2v) is 7.46. The van der Waals surface area contributed by atoms with Gasteiger partial charge >= 0.3 is 0 Å². The van der Waals surface area contributed by atoms with Crippen LogP contribution in [-0.2, 0) is 4.79 Å². The summed E-state index contributed by atoms with van der Waals surface area (Å²) in [4.78, 5) is 23.2. The second kappa shape index (κ2) is 7.22. The molecule has 0 saturated carbocycles. The summed E-state index contributed by atoms with van der Waals surface area (Å²) in [7, 11) is 0. The highest BCUT2D eigenvalue weighted by Gasteiger charge is 2.29. The molecule has 4 rings (SSSR count). The van der Waals surface area contributed by atoms with Crippen LogP contribution in [0.15, 0.2) is 33.5 Å². The number of hydrogen-bond acceptors (Lipinski definition) is 6. The molecule has 1 unspecified atom stereocenters. The van der Waals surface area contributed by atoms with Crippen LogP contribution >= 0.6 is 15.9 Å². The Balaban J connectivity index is 1.54. The molecule has 1 aliphatic rings. The molecule has 0 bridgehead atoms. The van der Waals surface area contributed by atoms with Crippen molar-refractivity contribution < 1.29 is 13.7 Å². The fourth-order valence-corrected chi connectivity index (χ4v) is 3.69. The van der Waals surface area contributed by atoms with E-state index in [0.29, 0.717) is 28.2 Å². The van der Waals surface area contributed by atoms with Crippen LogP contribution in [-0.4, -0.2) is 34.1 Å². The van der Waals surface area contributed by atoms with Crippen molar-refractivity contribution in [3.05, 3.63) is 40.5 Å². The van der Waals surface area contributed by atoms with Crippen molar-refractivity contribution in [3.63, 3.8) is 0 Å². The first kappa shape index (κ1) is 17.8. The number of fused-ring (bicyclic) bond motifs is 1. The lowest BCUT2D eigenvalue weighted by Crippen LogP contribution is -2.41. The van der Waals surface area contributed by atoms with Gasteiger partial charge in [-0.1, -0.05) is 21.1 Å². The molecule has 9 heteroatoms. The van der Waals surface area contributed by atoms with Crippen molar-refractivity contribution in [2.45, 2.75) is 19.8 Å². The molecule has 3 aromatic rings. The summed E-state index contributed by atoms with van der Waals surface area (Å²) in [5.41, 5.74) is 1.32. The Bertz CT molecular complexity index is 1010. The van der Waals surface area contributed by atoms with E-state index in [0.717, 1.165) is 24.8 Å². The van der Waals surface area contributed by atoms with Gasteiger partial charge < -0.3 is 14.7 Å². The maximum atomic E-state index is 14.0. The molecule has 3 heterocycles. The molecule has 7 nitrogen and oxygen atoms in total. The molecule has 1 aromatic carbocycles. The number of nitrogens with one attached hydrogen (secondary N) is 1. The first-order valence-corrected chi connectivity index (χ1v) is 9.40. The molecule has 0 radical (unpaired) electrons. The van der Waals surface area contributed by atoms with E-state index in [1.165, 1.54) is 12.4 Å². The summed E-state index contributed by atoms with van der Waals surface area (Å²) in [6.07, 6.45) is 3.00. The zero-order valence-electron chi connectivity index (χ0n) is 14.6. The molecular weight excluding hydrogens is 417 g/mol. The number of amides is 1. The smallest absolute Gasteiger partial charge is 0.263 e. The Morgan fingerprint density at radius 1 is 1.41 bits per heavy atom. The third kappa shape index (κ3) is 3.51.